The molecule has 344 valence electrons. The molecule has 2 saturated heterocycles. The second kappa shape index (κ2) is 18.1. The molecule has 6 aromatic rings. The van der Waals surface area contributed by atoms with E-state index in [9.17, 15) is 19.2 Å². The number of hydrogen-bond donors (Lipinski definition) is 4. The summed E-state index contributed by atoms with van der Waals surface area (Å²) < 4.78 is 21.8. The summed E-state index contributed by atoms with van der Waals surface area (Å²) >= 11 is 0. The monoisotopic (exact) mass is 896 g/mol. The Morgan fingerprint density at radius 2 is 1.62 bits per heavy atom. The number of likely N-dealkylation sites (tertiary alicyclic amines) is 2. The molecular weight excluding hydrogens is 841 g/mol. The standard InChI is InChI=1S/C50H56N8O8/c1-26(2)42(55-49(61)64-6)48(60)58-28(4)27(3)17-40(58)45-51-22-38(53-45)32-13-15-34-33(19-32)25-66-41-21-35-31(20-36(34)41)14-16-37-44(35)54-46(52-37)39-18-29(24-63-5)23-57(39)47(59)43(56-50(62)65-7)30-11-9-8-10-12-30/h8-16,19-22,26-29,39-40,42-43H,17-18,23-25H2,1-7H3,(H,51,53)(H,52,54)(H,55,61)(H,56,62)/t27-,28-,29+,39+,40+,42?,43-/m1/s1. The van der Waals surface area contributed by atoms with Crippen LogP contribution in [0.2, 0.25) is 0 Å². The van der Waals surface area contributed by atoms with Gasteiger partial charge in [0.1, 0.15) is 36.1 Å². The van der Waals surface area contributed by atoms with Crippen molar-refractivity contribution in [3.63, 3.8) is 0 Å². The Bertz CT molecular complexity index is 2810. The van der Waals surface area contributed by atoms with Crippen molar-refractivity contribution < 1.29 is 38.1 Å². The molecule has 0 aliphatic carbocycles. The Kier molecular flexibility index (Phi) is 12.2. The SMILES string of the molecule is COC[C@H]1C[C@@H](c2nc3ccc4cc5c(cc4c3[nH]2)OCc2cc(-c3cnc([C@@H]4C[C@@H](C)[C@@H](C)N4C(=O)C(NC(=O)OC)C(C)C)[nH]3)ccc2-5)N(C(=O)[C@H](NC(=O)OC)c2ccccc2)C1. The number of alkyl carbamates (subject to hydrolysis) is 2. The number of ether oxygens (including phenoxy) is 4. The van der Waals surface area contributed by atoms with Crippen LogP contribution in [0.25, 0.3) is 44.2 Å². The molecule has 2 fully saturated rings. The number of aromatic nitrogens is 4. The van der Waals surface area contributed by atoms with Gasteiger partial charge in [-0.05, 0) is 83.5 Å². The third kappa shape index (κ3) is 8.18. The molecule has 0 bridgehead atoms. The van der Waals surface area contributed by atoms with Gasteiger partial charge in [0.05, 0.1) is 55.8 Å². The van der Waals surface area contributed by atoms with Crippen LogP contribution in [-0.4, -0.2) is 100 Å². The van der Waals surface area contributed by atoms with E-state index in [4.69, 9.17) is 28.9 Å². The lowest BCUT2D eigenvalue weighted by atomic mass is 9.92. The van der Waals surface area contributed by atoms with Gasteiger partial charge in [-0.1, -0.05) is 69.3 Å². The number of fused-ring (bicyclic) bond motifs is 6. The number of nitrogens with zero attached hydrogens (tertiary/aromatic N) is 4. The maximum Gasteiger partial charge on any atom is 0.407 e. The molecule has 0 radical (unpaired) electrons. The van der Waals surface area contributed by atoms with Crippen molar-refractivity contribution in [2.45, 2.75) is 77.4 Å². The molecule has 7 atom stereocenters. The highest BCUT2D eigenvalue weighted by molar-refractivity contribution is 6.07. The van der Waals surface area contributed by atoms with E-state index < -0.39 is 30.3 Å². The number of amides is 4. The zero-order valence-electron chi connectivity index (χ0n) is 38.2. The number of H-pyrrole nitrogens is 2. The second-order valence-electron chi connectivity index (χ2n) is 18.1. The Labute approximate surface area is 382 Å². The van der Waals surface area contributed by atoms with Crippen molar-refractivity contribution in [3.05, 3.63) is 102 Å². The van der Waals surface area contributed by atoms with Crippen LogP contribution in [0.1, 0.15) is 81.4 Å². The van der Waals surface area contributed by atoms with Gasteiger partial charge in [0, 0.05) is 36.6 Å². The molecule has 16 heteroatoms. The molecule has 9 rings (SSSR count). The van der Waals surface area contributed by atoms with Gasteiger partial charge in [0.25, 0.3) is 5.91 Å². The second-order valence-corrected chi connectivity index (χ2v) is 18.1. The fourth-order valence-electron chi connectivity index (χ4n) is 10.0. The fraction of sp³-hybridized carbons (Fsp3) is 0.400. The molecule has 4 amide bonds. The van der Waals surface area contributed by atoms with Crippen molar-refractivity contribution in [2.75, 3.05) is 34.5 Å². The molecule has 5 heterocycles. The summed E-state index contributed by atoms with van der Waals surface area (Å²) in [7, 11) is 4.22. The van der Waals surface area contributed by atoms with Gasteiger partial charge in [-0.2, -0.15) is 0 Å². The van der Waals surface area contributed by atoms with Crippen LogP contribution in [-0.2, 0) is 30.4 Å². The summed E-state index contributed by atoms with van der Waals surface area (Å²) in [6.45, 7) is 9.25. The van der Waals surface area contributed by atoms with E-state index in [1.165, 1.54) is 14.2 Å². The molecule has 3 aliphatic heterocycles. The van der Waals surface area contributed by atoms with Gasteiger partial charge in [0.2, 0.25) is 5.91 Å². The first-order valence-corrected chi connectivity index (χ1v) is 22.5. The third-order valence-electron chi connectivity index (χ3n) is 13.6. The Morgan fingerprint density at radius 3 is 2.36 bits per heavy atom. The van der Waals surface area contributed by atoms with Gasteiger partial charge in [-0.3, -0.25) is 9.59 Å². The maximum absolute atomic E-state index is 14.4. The summed E-state index contributed by atoms with van der Waals surface area (Å²) in [6, 6.07) is 21.3. The van der Waals surface area contributed by atoms with Gasteiger partial charge in [0.15, 0.2) is 0 Å². The third-order valence-corrected chi connectivity index (χ3v) is 13.6. The summed E-state index contributed by atoms with van der Waals surface area (Å²) in [4.78, 5) is 73.8. The molecular formula is C50H56N8O8. The number of benzene rings is 4. The van der Waals surface area contributed by atoms with Crippen molar-refractivity contribution in [1.29, 1.82) is 0 Å². The predicted molar refractivity (Wildman–Crippen MR) is 247 cm³/mol. The summed E-state index contributed by atoms with van der Waals surface area (Å²) in [5, 5.41) is 7.43. The van der Waals surface area contributed by atoms with Crippen molar-refractivity contribution in [3.8, 4) is 28.1 Å². The highest BCUT2D eigenvalue weighted by atomic mass is 16.5. The Morgan fingerprint density at radius 1 is 0.848 bits per heavy atom. The smallest absolute Gasteiger partial charge is 0.407 e. The molecule has 66 heavy (non-hydrogen) atoms. The first kappa shape index (κ1) is 44.3. The molecule has 4 N–H and O–H groups in total. The summed E-state index contributed by atoms with van der Waals surface area (Å²) in [5.41, 5.74) is 7.09. The number of methoxy groups -OCH3 is 3. The number of imidazole rings is 2. The number of rotatable bonds is 11. The lowest BCUT2D eigenvalue weighted by molar-refractivity contribution is -0.137. The Hall–Kier alpha value is -6.94. The minimum atomic E-state index is -0.956. The number of carbonyl (C=O) groups excluding carboxylic acids is 4. The van der Waals surface area contributed by atoms with E-state index in [2.05, 4.69) is 63.9 Å². The van der Waals surface area contributed by atoms with Gasteiger partial charge < -0.3 is 49.3 Å². The van der Waals surface area contributed by atoms with Crippen LogP contribution in [0.15, 0.2) is 79.0 Å². The number of carbonyl (C=O) groups is 4. The lowest BCUT2D eigenvalue weighted by Crippen LogP contribution is -2.53. The van der Waals surface area contributed by atoms with Gasteiger partial charge in [-0.15, -0.1) is 0 Å². The quantitative estimate of drug-likeness (QED) is 0.0991. The molecule has 4 aromatic carbocycles. The number of aromatic amines is 2. The van der Waals surface area contributed by atoms with E-state index in [1.54, 1.807) is 12.0 Å². The lowest BCUT2D eigenvalue weighted by Gasteiger charge is -2.33. The molecule has 16 nitrogen and oxygen atoms in total. The van der Waals surface area contributed by atoms with Crippen LogP contribution in [0.3, 0.4) is 0 Å². The summed E-state index contributed by atoms with van der Waals surface area (Å²) in [5.74, 6) is 1.81. The molecule has 1 unspecified atom stereocenters. The minimum Gasteiger partial charge on any atom is -0.488 e. The fourth-order valence-corrected chi connectivity index (χ4v) is 10.0. The van der Waals surface area contributed by atoms with Crippen LogP contribution in [0.4, 0.5) is 9.59 Å². The van der Waals surface area contributed by atoms with E-state index in [1.807, 2.05) is 68.3 Å². The van der Waals surface area contributed by atoms with Crippen molar-refractivity contribution >= 4 is 45.8 Å². The first-order valence-electron chi connectivity index (χ1n) is 22.5. The molecule has 2 aromatic heterocycles. The average Bonchev–Trinajstić information content (AvgIpc) is 4.15. The van der Waals surface area contributed by atoms with E-state index in [0.717, 1.165) is 61.9 Å². The van der Waals surface area contributed by atoms with Gasteiger partial charge in [-0.25, -0.2) is 19.6 Å². The van der Waals surface area contributed by atoms with Crippen molar-refractivity contribution in [1.82, 2.24) is 40.4 Å². The molecule has 0 spiro atoms. The van der Waals surface area contributed by atoms with E-state index in [0.29, 0.717) is 43.4 Å². The predicted octanol–water partition coefficient (Wildman–Crippen LogP) is 7.98. The maximum atomic E-state index is 14.4. The highest BCUT2D eigenvalue weighted by Crippen LogP contribution is 2.45. The number of hydrogen-bond acceptors (Lipinski definition) is 10. The van der Waals surface area contributed by atoms with Crippen molar-refractivity contribution in [2.24, 2.45) is 17.8 Å². The normalized spacial score (nSPS) is 21.0. The van der Waals surface area contributed by atoms with E-state index in [-0.39, 0.29) is 41.7 Å². The van der Waals surface area contributed by atoms with Gasteiger partial charge >= 0.3 is 12.2 Å². The largest absolute Gasteiger partial charge is 0.488 e. The van der Waals surface area contributed by atoms with Crippen LogP contribution < -0.4 is 15.4 Å². The van der Waals surface area contributed by atoms with Crippen LogP contribution >= 0.6 is 0 Å². The van der Waals surface area contributed by atoms with Crippen LogP contribution in [0.5, 0.6) is 5.75 Å². The Balaban J connectivity index is 0.986. The van der Waals surface area contributed by atoms with E-state index >= 15 is 0 Å². The zero-order valence-corrected chi connectivity index (χ0v) is 38.2. The summed E-state index contributed by atoms with van der Waals surface area (Å²) in [6.07, 6.45) is 1.84. The molecule has 3 aliphatic rings. The first-order chi connectivity index (χ1) is 31.9. The highest BCUT2D eigenvalue weighted by Gasteiger charge is 2.45. The molecule has 0 saturated carbocycles. The topological polar surface area (TPSA) is 193 Å². The van der Waals surface area contributed by atoms with Crippen LogP contribution in [0, 0.1) is 17.8 Å². The minimum absolute atomic E-state index is 0.0566. The average molecular weight is 897 g/mol. The number of nitrogens with one attached hydrogen (secondary N) is 4. The zero-order chi connectivity index (χ0) is 46.4.